The predicted octanol–water partition coefficient (Wildman–Crippen LogP) is 4.85. The van der Waals surface area contributed by atoms with Crippen LogP contribution in [0.1, 0.15) is 5.01 Å². The van der Waals surface area contributed by atoms with Gasteiger partial charge >= 0.3 is 0 Å². The molecule has 3 aromatic rings. The molecule has 142 valence electrons. The summed E-state index contributed by atoms with van der Waals surface area (Å²) in [6.07, 6.45) is 1.59. The van der Waals surface area contributed by atoms with E-state index in [4.69, 9.17) is 22.9 Å². The lowest BCUT2D eigenvalue weighted by molar-refractivity contribution is 0.313. The van der Waals surface area contributed by atoms with Gasteiger partial charge in [-0.25, -0.2) is 18.2 Å². The smallest absolute Gasteiger partial charge is 0.210 e. The second-order valence-corrected chi connectivity index (χ2v) is 9.46. The first-order chi connectivity index (χ1) is 13.5. The van der Waals surface area contributed by atoms with Crippen LogP contribution < -0.4 is 9.64 Å². The van der Waals surface area contributed by atoms with Gasteiger partial charge in [-0.1, -0.05) is 23.7 Å². The molecule has 2 aromatic carbocycles. The third kappa shape index (κ3) is 3.56. The molecule has 1 aliphatic heterocycles. The first kappa shape index (κ1) is 18.7. The largest absolute Gasteiger partial charge is 0.489 e. The van der Waals surface area contributed by atoms with Crippen LogP contribution in [0.15, 0.2) is 52.9 Å². The van der Waals surface area contributed by atoms with Crippen molar-refractivity contribution in [3.8, 4) is 5.75 Å². The average molecular weight is 432 g/mol. The summed E-state index contributed by atoms with van der Waals surface area (Å²) in [5.41, 5.74) is 1.84. The van der Waals surface area contributed by atoms with Gasteiger partial charge in [0.05, 0.1) is 23.7 Å². The number of fused-ring (bicyclic) bond motifs is 1. The summed E-state index contributed by atoms with van der Waals surface area (Å²) in [6.45, 7) is 8.30. The molecule has 6 nitrogen and oxygen atoms in total. The molecule has 0 radical (unpaired) electrons. The van der Waals surface area contributed by atoms with Crippen LogP contribution in [0.2, 0.25) is 5.02 Å². The molecule has 4 rings (SSSR count). The molecule has 9 heteroatoms. The molecule has 0 amide bonds. The predicted molar refractivity (Wildman–Crippen MR) is 110 cm³/mol. The van der Waals surface area contributed by atoms with Gasteiger partial charge in [0.1, 0.15) is 23.1 Å². The summed E-state index contributed by atoms with van der Waals surface area (Å²) in [5, 5.41) is 2.82. The monoisotopic (exact) mass is 431 g/mol. The van der Waals surface area contributed by atoms with E-state index >= 15 is 0 Å². The Morgan fingerprint density at radius 3 is 2.86 bits per heavy atom. The molecule has 1 aliphatic rings. The van der Waals surface area contributed by atoms with Gasteiger partial charge in [0.2, 0.25) is 5.69 Å². The van der Waals surface area contributed by atoms with E-state index in [1.165, 1.54) is 17.4 Å². The fourth-order valence-electron chi connectivity index (χ4n) is 3.02. The number of rotatable bonds is 4. The summed E-state index contributed by atoms with van der Waals surface area (Å²) in [4.78, 5) is 9.72. The number of hydrogen-bond acceptors (Lipinski definition) is 6. The Morgan fingerprint density at radius 1 is 1.25 bits per heavy atom. The van der Waals surface area contributed by atoms with Crippen LogP contribution in [0.25, 0.3) is 4.85 Å². The zero-order valence-corrected chi connectivity index (χ0v) is 16.9. The van der Waals surface area contributed by atoms with E-state index < -0.39 is 9.84 Å². The Hall–Kier alpha value is -2.60. The highest BCUT2D eigenvalue weighted by Gasteiger charge is 2.25. The molecule has 0 atom stereocenters. The zero-order chi connectivity index (χ0) is 19.7. The standard InChI is InChI=1S/C19H14ClN3O3S2/c1-21-15-4-2-13(20)10-17(15)23-7-8-26-18-11-14(3-5-16(18)23)28(24,25)12-19-22-6-9-27-19/h2-6,9-11H,7-8,12H2. The van der Waals surface area contributed by atoms with Crippen molar-refractivity contribution in [2.75, 3.05) is 18.1 Å². The highest BCUT2D eigenvalue weighted by atomic mass is 35.5. The highest BCUT2D eigenvalue weighted by molar-refractivity contribution is 7.90. The maximum absolute atomic E-state index is 12.7. The summed E-state index contributed by atoms with van der Waals surface area (Å²) in [7, 11) is -3.54. The topological polar surface area (TPSA) is 63.9 Å². The Balaban J connectivity index is 1.73. The van der Waals surface area contributed by atoms with E-state index in [9.17, 15) is 8.42 Å². The van der Waals surface area contributed by atoms with Gasteiger partial charge in [0, 0.05) is 28.4 Å². The summed E-state index contributed by atoms with van der Waals surface area (Å²) < 4.78 is 31.2. The van der Waals surface area contributed by atoms with Crippen molar-refractivity contribution < 1.29 is 13.2 Å². The van der Waals surface area contributed by atoms with Crippen molar-refractivity contribution in [1.29, 1.82) is 0 Å². The lowest BCUT2D eigenvalue weighted by Crippen LogP contribution is -2.28. The molecule has 0 spiro atoms. The summed E-state index contributed by atoms with van der Waals surface area (Å²) in [6, 6.07) is 9.88. The Kier molecular flexibility index (Phi) is 4.98. The van der Waals surface area contributed by atoms with Crippen LogP contribution in [-0.4, -0.2) is 26.6 Å². The number of sulfone groups is 1. The fraction of sp³-hybridized carbons (Fsp3) is 0.158. The van der Waals surface area contributed by atoms with Gasteiger partial charge in [-0.2, -0.15) is 0 Å². The lowest BCUT2D eigenvalue weighted by Gasteiger charge is -2.32. The summed E-state index contributed by atoms with van der Waals surface area (Å²) >= 11 is 7.43. The molecule has 0 fully saturated rings. The minimum absolute atomic E-state index is 0.149. The average Bonchev–Trinajstić information content (AvgIpc) is 3.19. The van der Waals surface area contributed by atoms with E-state index in [0.717, 1.165) is 0 Å². The molecule has 0 N–H and O–H groups in total. The van der Waals surface area contributed by atoms with Gasteiger partial charge in [-0.3, -0.25) is 0 Å². The SMILES string of the molecule is [C-]#[N+]c1ccc(Cl)cc1N1CCOc2cc(S(=O)(=O)Cc3nccs3)ccc21. The van der Waals surface area contributed by atoms with Gasteiger partial charge in [0.15, 0.2) is 9.84 Å². The Labute approximate surface area is 171 Å². The van der Waals surface area contributed by atoms with Crippen LogP contribution in [0.5, 0.6) is 5.75 Å². The fourth-order valence-corrected chi connectivity index (χ4v) is 5.45. The molecule has 0 unspecified atom stereocenters. The number of benzene rings is 2. The minimum Gasteiger partial charge on any atom is -0.489 e. The zero-order valence-electron chi connectivity index (χ0n) is 14.5. The van der Waals surface area contributed by atoms with E-state index in [1.54, 1.807) is 41.9 Å². The van der Waals surface area contributed by atoms with Crippen LogP contribution in [-0.2, 0) is 15.6 Å². The first-order valence-corrected chi connectivity index (χ1v) is 11.2. The van der Waals surface area contributed by atoms with Gasteiger partial charge < -0.3 is 9.64 Å². The van der Waals surface area contributed by atoms with Crippen LogP contribution in [0.3, 0.4) is 0 Å². The molecule has 0 aliphatic carbocycles. The summed E-state index contributed by atoms with van der Waals surface area (Å²) in [5.74, 6) is 0.311. The number of nitrogens with zero attached hydrogens (tertiary/aromatic N) is 3. The molecular formula is C19H14ClN3O3S2. The van der Waals surface area contributed by atoms with Crippen molar-refractivity contribution in [3.05, 3.63) is 69.4 Å². The number of anilines is 2. The maximum Gasteiger partial charge on any atom is 0.210 e. The van der Waals surface area contributed by atoms with Crippen LogP contribution in [0.4, 0.5) is 17.1 Å². The number of ether oxygens (including phenoxy) is 1. The van der Waals surface area contributed by atoms with Gasteiger partial charge in [0.25, 0.3) is 0 Å². The van der Waals surface area contributed by atoms with Crippen LogP contribution in [0, 0.1) is 6.57 Å². The molecule has 0 saturated carbocycles. The number of halogens is 1. The van der Waals surface area contributed by atoms with E-state index in [1.807, 2.05) is 4.90 Å². The van der Waals surface area contributed by atoms with Gasteiger partial charge in [-0.15, -0.1) is 11.3 Å². The second kappa shape index (κ2) is 7.43. The van der Waals surface area contributed by atoms with E-state index in [0.29, 0.717) is 46.0 Å². The van der Waals surface area contributed by atoms with Crippen molar-refractivity contribution in [2.24, 2.45) is 0 Å². The van der Waals surface area contributed by atoms with Crippen molar-refractivity contribution in [2.45, 2.75) is 10.6 Å². The number of aromatic nitrogens is 1. The van der Waals surface area contributed by atoms with Crippen LogP contribution >= 0.6 is 22.9 Å². The van der Waals surface area contributed by atoms with Gasteiger partial charge in [-0.05, 0) is 18.2 Å². The normalized spacial score (nSPS) is 13.5. The third-order valence-electron chi connectivity index (χ3n) is 4.30. The highest BCUT2D eigenvalue weighted by Crippen LogP contribution is 2.42. The second-order valence-electron chi connectivity index (χ2n) is 6.06. The Bertz CT molecular complexity index is 1170. The molecule has 0 bridgehead atoms. The number of hydrogen-bond donors (Lipinski definition) is 0. The first-order valence-electron chi connectivity index (χ1n) is 8.30. The Morgan fingerprint density at radius 2 is 2.11 bits per heavy atom. The van der Waals surface area contributed by atoms with Crippen molar-refractivity contribution in [3.63, 3.8) is 0 Å². The minimum atomic E-state index is -3.54. The van der Waals surface area contributed by atoms with Crippen molar-refractivity contribution >= 4 is 49.8 Å². The van der Waals surface area contributed by atoms with E-state index in [-0.39, 0.29) is 10.6 Å². The van der Waals surface area contributed by atoms with E-state index in [2.05, 4.69) is 9.83 Å². The quantitative estimate of drug-likeness (QED) is 0.552. The third-order valence-corrected chi connectivity index (χ3v) is 7.12. The lowest BCUT2D eigenvalue weighted by atomic mass is 10.2. The maximum atomic E-state index is 12.7. The molecule has 0 saturated heterocycles. The molecule has 1 aromatic heterocycles. The molecular weight excluding hydrogens is 418 g/mol. The molecule has 2 heterocycles. The molecule has 28 heavy (non-hydrogen) atoms. The number of thiazole rings is 1. The van der Waals surface area contributed by atoms with Crippen molar-refractivity contribution in [1.82, 2.24) is 4.98 Å².